The van der Waals surface area contributed by atoms with Gasteiger partial charge in [-0.3, -0.25) is 0 Å². The van der Waals surface area contributed by atoms with Crippen LogP contribution in [0.3, 0.4) is 0 Å². The molecule has 0 aromatic heterocycles. The maximum atomic E-state index is 9.45. The molecule has 7 aromatic rings. The summed E-state index contributed by atoms with van der Waals surface area (Å²) in [5.41, 5.74) is 7.55. The smallest absolute Gasteiger partial charge is 0.0998 e. The zero-order chi connectivity index (χ0) is 25.5. The summed E-state index contributed by atoms with van der Waals surface area (Å²) in [5, 5.41) is 17.0. The van der Waals surface area contributed by atoms with Crippen molar-refractivity contribution in [3.8, 4) is 39.4 Å². The SMILES string of the molecule is N#Cc1ccccc1-c1ccc(-c2ccc3cc(-c4cc5ccccc5c5ccccc45)ccc3c2)cc1. The largest absolute Gasteiger partial charge is 0.192 e. The predicted octanol–water partition coefficient (Wildman–Crippen LogP) is 10.0. The molecule has 0 heterocycles. The number of hydrogen-bond donors (Lipinski definition) is 0. The number of benzene rings is 7. The normalized spacial score (nSPS) is 11.1. The van der Waals surface area contributed by atoms with Crippen molar-refractivity contribution in [3.05, 3.63) is 145 Å². The van der Waals surface area contributed by atoms with Crippen molar-refractivity contribution in [2.45, 2.75) is 0 Å². The van der Waals surface area contributed by atoms with E-state index in [1.165, 1.54) is 49.0 Å². The molecule has 0 aliphatic carbocycles. The van der Waals surface area contributed by atoms with Crippen LogP contribution in [0.15, 0.2) is 140 Å². The van der Waals surface area contributed by atoms with Crippen LogP contribution in [0.25, 0.3) is 65.7 Å². The van der Waals surface area contributed by atoms with Gasteiger partial charge in [-0.25, -0.2) is 0 Å². The van der Waals surface area contributed by atoms with Crippen molar-refractivity contribution in [1.29, 1.82) is 5.26 Å². The highest BCUT2D eigenvalue weighted by Gasteiger charge is 2.10. The van der Waals surface area contributed by atoms with Crippen LogP contribution in [-0.4, -0.2) is 0 Å². The minimum atomic E-state index is 0.695. The van der Waals surface area contributed by atoms with Gasteiger partial charge in [0.15, 0.2) is 0 Å². The fourth-order valence-corrected chi connectivity index (χ4v) is 5.56. The van der Waals surface area contributed by atoms with Crippen molar-refractivity contribution in [3.63, 3.8) is 0 Å². The maximum Gasteiger partial charge on any atom is 0.0998 e. The molecule has 0 aliphatic heterocycles. The molecule has 7 aromatic carbocycles. The minimum absolute atomic E-state index is 0.695. The lowest BCUT2D eigenvalue weighted by Crippen LogP contribution is -1.86. The van der Waals surface area contributed by atoms with Gasteiger partial charge in [0.2, 0.25) is 0 Å². The second-order valence-corrected chi connectivity index (χ2v) is 9.70. The molecule has 0 unspecified atom stereocenters. The van der Waals surface area contributed by atoms with Crippen molar-refractivity contribution < 1.29 is 0 Å². The van der Waals surface area contributed by atoms with Crippen molar-refractivity contribution >= 4 is 32.3 Å². The van der Waals surface area contributed by atoms with Crippen molar-refractivity contribution in [1.82, 2.24) is 0 Å². The highest BCUT2D eigenvalue weighted by atomic mass is 14.2. The van der Waals surface area contributed by atoms with E-state index in [-0.39, 0.29) is 0 Å². The Hall–Kier alpha value is -5.19. The number of nitrogens with zero attached hydrogens (tertiary/aromatic N) is 1. The Balaban J connectivity index is 1.28. The fraction of sp³-hybridized carbons (Fsp3) is 0. The molecule has 0 spiro atoms. The molecule has 0 amide bonds. The van der Waals surface area contributed by atoms with E-state index in [9.17, 15) is 5.26 Å². The lowest BCUT2D eigenvalue weighted by Gasteiger charge is -2.12. The quantitative estimate of drug-likeness (QED) is 0.230. The van der Waals surface area contributed by atoms with Gasteiger partial charge in [0.05, 0.1) is 11.6 Å². The molecule has 1 nitrogen and oxygen atoms in total. The van der Waals surface area contributed by atoms with Crippen LogP contribution in [0, 0.1) is 11.3 Å². The van der Waals surface area contributed by atoms with E-state index in [2.05, 4.69) is 121 Å². The predicted molar refractivity (Wildman–Crippen MR) is 160 cm³/mol. The summed E-state index contributed by atoms with van der Waals surface area (Å²) in [5.74, 6) is 0. The topological polar surface area (TPSA) is 23.8 Å². The Kier molecular flexibility index (Phi) is 5.24. The summed E-state index contributed by atoms with van der Waals surface area (Å²) in [6, 6.07) is 51.6. The van der Waals surface area contributed by atoms with E-state index >= 15 is 0 Å². The van der Waals surface area contributed by atoms with E-state index in [1.54, 1.807) is 0 Å². The van der Waals surface area contributed by atoms with Gasteiger partial charge in [0.1, 0.15) is 0 Å². The van der Waals surface area contributed by atoms with Gasteiger partial charge in [0, 0.05) is 0 Å². The second kappa shape index (κ2) is 9.04. The van der Waals surface area contributed by atoms with Gasteiger partial charge < -0.3 is 0 Å². The van der Waals surface area contributed by atoms with Gasteiger partial charge in [-0.15, -0.1) is 0 Å². The molecule has 0 aliphatic rings. The number of nitriles is 1. The summed E-state index contributed by atoms with van der Waals surface area (Å²) in [7, 11) is 0. The molecule has 176 valence electrons. The van der Waals surface area contributed by atoms with Crippen LogP contribution in [0.4, 0.5) is 0 Å². The first kappa shape index (κ1) is 22.0. The number of hydrogen-bond acceptors (Lipinski definition) is 1. The van der Waals surface area contributed by atoms with Crippen LogP contribution in [-0.2, 0) is 0 Å². The summed E-state index contributed by atoms with van der Waals surface area (Å²) in [6.45, 7) is 0. The van der Waals surface area contributed by atoms with Crippen molar-refractivity contribution in [2.24, 2.45) is 0 Å². The van der Waals surface area contributed by atoms with E-state index in [1.807, 2.05) is 24.3 Å². The molecule has 0 saturated carbocycles. The molecule has 1 heteroatoms. The van der Waals surface area contributed by atoms with E-state index in [0.717, 1.165) is 16.7 Å². The molecule has 0 N–H and O–H groups in total. The van der Waals surface area contributed by atoms with E-state index in [0.29, 0.717) is 5.56 Å². The summed E-state index contributed by atoms with van der Waals surface area (Å²) >= 11 is 0. The molecule has 0 saturated heterocycles. The molecule has 0 radical (unpaired) electrons. The van der Waals surface area contributed by atoms with E-state index in [4.69, 9.17) is 0 Å². The van der Waals surface area contributed by atoms with Gasteiger partial charge in [-0.2, -0.15) is 5.26 Å². The first-order valence-electron chi connectivity index (χ1n) is 12.8. The summed E-state index contributed by atoms with van der Waals surface area (Å²) < 4.78 is 0. The molecule has 38 heavy (non-hydrogen) atoms. The molecular weight excluding hydrogens is 458 g/mol. The lowest BCUT2D eigenvalue weighted by molar-refractivity contribution is 1.48. The Bertz CT molecular complexity index is 2020. The summed E-state index contributed by atoms with van der Waals surface area (Å²) in [6.07, 6.45) is 0. The Labute approximate surface area is 221 Å². The van der Waals surface area contributed by atoms with Gasteiger partial charge in [-0.05, 0) is 90.0 Å². The van der Waals surface area contributed by atoms with Crippen LogP contribution < -0.4 is 0 Å². The molecular formula is C37H23N. The minimum Gasteiger partial charge on any atom is -0.192 e. The Morgan fingerprint density at radius 1 is 0.368 bits per heavy atom. The summed E-state index contributed by atoms with van der Waals surface area (Å²) in [4.78, 5) is 0. The Morgan fingerprint density at radius 2 is 0.947 bits per heavy atom. The maximum absolute atomic E-state index is 9.45. The monoisotopic (exact) mass is 481 g/mol. The molecule has 0 bridgehead atoms. The number of fused-ring (bicyclic) bond motifs is 4. The van der Waals surface area contributed by atoms with Gasteiger partial charge in [-0.1, -0.05) is 115 Å². The second-order valence-electron chi connectivity index (χ2n) is 9.70. The standard InChI is InChI=1S/C37H23N/c38-24-32-8-2-3-9-33(32)26-15-13-25(14-16-26)27-17-18-29-22-31(20-19-28(29)21-27)37-23-30-7-1-4-10-34(30)35-11-5-6-12-36(35)37/h1-23H. The van der Waals surface area contributed by atoms with Crippen LogP contribution in [0.1, 0.15) is 5.56 Å². The van der Waals surface area contributed by atoms with Crippen LogP contribution in [0.2, 0.25) is 0 Å². The first-order valence-corrected chi connectivity index (χ1v) is 12.8. The highest BCUT2D eigenvalue weighted by molar-refractivity contribution is 6.14. The third-order valence-electron chi connectivity index (χ3n) is 7.50. The van der Waals surface area contributed by atoms with Gasteiger partial charge in [0.25, 0.3) is 0 Å². The highest BCUT2D eigenvalue weighted by Crippen LogP contribution is 2.36. The van der Waals surface area contributed by atoms with Crippen LogP contribution >= 0.6 is 0 Å². The first-order chi connectivity index (χ1) is 18.8. The third kappa shape index (κ3) is 3.72. The zero-order valence-corrected chi connectivity index (χ0v) is 20.7. The zero-order valence-electron chi connectivity index (χ0n) is 20.7. The average Bonchev–Trinajstić information content (AvgIpc) is 3.00. The third-order valence-corrected chi connectivity index (χ3v) is 7.50. The fourth-order valence-electron chi connectivity index (χ4n) is 5.56. The lowest BCUT2D eigenvalue weighted by atomic mass is 9.91. The van der Waals surface area contributed by atoms with Crippen LogP contribution in [0.5, 0.6) is 0 Å². The number of rotatable bonds is 3. The Morgan fingerprint density at radius 3 is 1.74 bits per heavy atom. The van der Waals surface area contributed by atoms with E-state index < -0.39 is 0 Å². The van der Waals surface area contributed by atoms with Crippen molar-refractivity contribution in [2.75, 3.05) is 0 Å². The van der Waals surface area contributed by atoms with Gasteiger partial charge >= 0.3 is 0 Å². The molecule has 0 atom stereocenters. The molecule has 0 fully saturated rings. The molecule has 7 rings (SSSR count). The average molecular weight is 482 g/mol.